The summed E-state index contributed by atoms with van der Waals surface area (Å²) in [5, 5.41) is 101. The molecule has 2 rings (SSSR count). The van der Waals surface area contributed by atoms with Gasteiger partial charge in [0.15, 0.2) is 0 Å². The van der Waals surface area contributed by atoms with Crippen LogP contribution in [0.3, 0.4) is 0 Å². The number of unbranched alkanes of at least 4 members (excludes halogenated alkanes) is 1. The molecule has 19 amide bonds. The molecule has 1 fully saturated rings. The Balaban J connectivity index is 2.23. The normalized spacial score (nSPS) is 15.9. The molecule has 0 unspecified atom stereocenters. The molecule has 0 bridgehead atoms. The zero-order chi connectivity index (χ0) is 102. The summed E-state index contributed by atoms with van der Waals surface area (Å²) in [6.07, 6.45) is -3.33. The van der Waals surface area contributed by atoms with Crippen LogP contribution in [0.25, 0.3) is 0 Å². The van der Waals surface area contributed by atoms with Crippen LogP contribution < -0.4 is 112 Å². The van der Waals surface area contributed by atoms with Gasteiger partial charge in [-0.25, -0.2) is 4.79 Å². The van der Waals surface area contributed by atoms with Gasteiger partial charge in [-0.15, -0.1) is 0 Å². The van der Waals surface area contributed by atoms with Crippen LogP contribution in [0.2, 0.25) is 0 Å². The third-order valence-electron chi connectivity index (χ3n) is 20.4. The molecule has 1 aromatic carbocycles. The molecule has 134 heavy (non-hydrogen) atoms. The smallest absolute Gasteiger partial charge is 0.326 e. The first-order chi connectivity index (χ1) is 62.8. The Morgan fingerprint density at radius 1 is 0.388 bits per heavy atom. The van der Waals surface area contributed by atoms with Gasteiger partial charge in [-0.2, -0.15) is 11.8 Å². The molecule has 1 aliphatic rings. The molecule has 0 aliphatic carbocycles. The predicted molar refractivity (Wildman–Crippen MR) is 469 cm³/mol. The first kappa shape index (κ1) is 116. The molecule has 0 radical (unpaired) electrons. The van der Waals surface area contributed by atoms with Crippen molar-refractivity contribution in [1.29, 1.82) is 0 Å². The number of benzene rings is 1. The van der Waals surface area contributed by atoms with E-state index in [1.54, 1.807) is 43.5 Å². The predicted octanol–water partition coefficient (Wildman–Crippen LogP) is -9.23. The molecule has 0 saturated carbocycles. The number of nitrogens with one attached hydrogen (secondary N) is 19. The van der Waals surface area contributed by atoms with Crippen LogP contribution in [0.1, 0.15) is 164 Å². The first-order valence-electron chi connectivity index (χ1n) is 42.8. The maximum Gasteiger partial charge on any atom is 0.326 e. The van der Waals surface area contributed by atoms with Crippen molar-refractivity contribution >= 4 is 160 Å². The summed E-state index contributed by atoms with van der Waals surface area (Å²) in [7, 11) is 0. The Bertz CT molecular complexity index is 4350. The molecule has 1 heterocycles. The summed E-state index contributed by atoms with van der Waals surface area (Å²) >= 11 is 1.26. The van der Waals surface area contributed by atoms with Crippen molar-refractivity contribution in [1.82, 2.24) is 101 Å². The van der Waals surface area contributed by atoms with E-state index >= 15 is 0 Å². The molecule has 0 aromatic heterocycles. The summed E-state index contributed by atoms with van der Waals surface area (Å²) in [6.45, 7) is 10.4. The lowest BCUT2D eigenvalue weighted by Crippen LogP contribution is -2.61. The van der Waals surface area contributed by atoms with Gasteiger partial charge in [0.05, 0.1) is 44.8 Å². The van der Waals surface area contributed by atoms with Gasteiger partial charge in [0.25, 0.3) is 0 Å². The molecule has 29 N–H and O–H groups in total. The summed E-state index contributed by atoms with van der Waals surface area (Å²) in [6, 6.07) is -18.7. The van der Waals surface area contributed by atoms with Crippen LogP contribution in [0.4, 0.5) is 0 Å². The van der Waals surface area contributed by atoms with Gasteiger partial charge in [0, 0.05) is 19.3 Å². The molecule has 1 aliphatic heterocycles. The number of carboxylic acid groups (broad SMARTS) is 6. The molecule has 18 atom stereocenters. The number of primary amides is 1. The maximum absolute atomic E-state index is 14.4. The van der Waals surface area contributed by atoms with Crippen molar-refractivity contribution in [3.8, 4) is 0 Å². The standard InChI is InChI=1S/C81H125N21O31S/c1-11-38(4)64(102-69(120)43(9)91-76(127)50(30-44-18-13-12-14-19-44)98-75(126)49(26-29-134-10)95-67(118)40(6)87-72(123)47(22-24-58(106)107)94-66(117)39(5)88-73(124)48(23-25-59(108)109)96-71(122)45-21-17-28-84-45)80(131)99-51(31-55(83)103)77(128)89-42(8)68(119)97-52(32-60(110)111)70(121)85-36-57(105)101-63(37(2)3)79(130)86-35-56(104)92-53(33-61(112)113)78(129)90-41(7)65(116)93-46(20-15-16-27-82)74(125)100-54(81(132)133)34-62(114)115/h12-14,18-19,37-43,45-54,63-64,84H,11,15-17,20-36,82H2,1-10H3,(H2,83,103)(H,85,121)(H,86,130)(H,87,123)(H,88,124)(H,89,128)(H,90,129)(H,91,127)(H,92,104)(H,93,116)(H,94,117)(H,95,118)(H,96,122)(H,97,119)(H,98,126)(H,99,131)(H,100,125)(H,101,105)(H,102,120)(H,106,107)(H,108,109)(H,110,111)(H,112,113)(H,114,115)(H,132,133)/t38-,39-,40-,41-,42-,43-,45-,46-,47-,48-,49-,50-,51-,52-,53-,54-,63-,64-/m0/s1. The monoisotopic (exact) mass is 1920 g/mol. The van der Waals surface area contributed by atoms with Crippen molar-refractivity contribution in [3.05, 3.63) is 35.9 Å². The molecule has 52 nitrogen and oxygen atoms in total. The second kappa shape index (κ2) is 59.6. The lowest BCUT2D eigenvalue weighted by molar-refractivity contribution is -0.147. The van der Waals surface area contributed by atoms with Crippen molar-refractivity contribution < 1.29 is 151 Å². The Labute approximate surface area is 773 Å². The van der Waals surface area contributed by atoms with Crippen LogP contribution in [0.5, 0.6) is 0 Å². The molecule has 1 aromatic rings. The number of carbonyl (C=O) groups excluding carboxylic acids is 19. The van der Waals surface area contributed by atoms with Crippen molar-refractivity contribution in [3.63, 3.8) is 0 Å². The number of nitrogens with two attached hydrogens (primary N) is 2. The number of hydrogen-bond donors (Lipinski definition) is 27. The van der Waals surface area contributed by atoms with Crippen LogP contribution in [-0.2, 0) is 126 Å². The van der Waals surface area contributed by atoms with E-state index in [-0.39, 0.29) is 50.8 Å². The minimum atomic E-state index is -2.01. The van der Waals surface area contributed by atoms with Gasteiger partial charge in [0.2, 0.25) is 112 Å². The molecule has 53 heteroatoms. The van der Waals surface area contributed by atoms with E-state index in [4.69, 9.17) is 16.6 Å². The summed E-state index contributed by atoms with van der Waals surface area (Å²) in [5.74, 6) is -31.1. The largest absolute Gasteiger partial charge is 0.481 e. The van der Waals surface area contributed by atoms with E-state index in [1.165, 1.54) is 53.3 Å². The second-order valence-electron chi connectivity index (χ2n) is 31.9. The third-order valence-corrected chi connectivity index (χ3v) is 21.1. The van der Waals surface area contributed by atoms with E-state index in [0.717, 1.165) is 13.8 Å². The Hall–Kier alpha value is -13.8. The first-order valence-corrected chi connectivity index (χ1v) is 44.2. The highest BCUT2D eigenvalue weighted by Gasteiger charge is 2.40. The number of amides is 19. The lowest BCUT2D eigenvalue weighted by Gasteiger charge is -2.28. The van der Waals surface area contributed by atoms with E-state index < -0.39 is 321 Å². The maximum atomic E-state index is 14.4. The lowest BCUT2D eigenvalue weighted by atomic mass is 9.97. The number of thioether (sulfide) groups is 1. The van der Waals surface area contributed by atoms with Crippen LogP contribution in [0, 0.1) is 11.8 Å². The van der Waals surface area contributed by atoms with E-state index in [0.29, 0.717) is 31.4 Å². The van der Waals surface area contributed by atoms with Crippen LogP contribution in [-0.4, -0.2) is 320 Å². The topological polar surface area (TPSA) is 829 Å². The number of carbonyl (C=O) groups is 25. The fourth-order valence-electron chi connectivity index (χ4n) is 12.6. The van der Waals surface area contributed by atoms with Gasteiger partial charge >= 0.3 is 35.8 Å². The van der Waals surface area contributed by atoms with Crippen molar-refractivity contribution in [2.75, 3.05) is 38.2 Å². The van der Waals surface area contributed by atoms with Gasteiger partial charge < -0.3 is 143 Å². The molecular weight excluding hydrogens is 1800 g/mol. The highest BCUT2D eigenvalue weighted by molar-refractivity contribution is 7.98. The fraction of sp³-hybridized carbons (Fsp3) is 0.617. The molecule has 746 valence electrons. The zero-order valence-electron chi connectivity index (χ0n) is 75.7. The van der Waals surface area contributed by atoms with Crippen LogP contribution >= 0.6 is 11.8 Å². The van der Waals surface area contributed by atoms with Gasteiger partial charge in [0.1, 0.15) is 96.7 Å². The van der Waals surface area contributed by atoms with Crippen molar-refractivity contribution in [2.45, 2.75) is 268 Å². The molecular formula is C81H125N21O31S. The average Bonchev–Trinajstić information content (AvgIpc) is 1.14. The number of rotatable bonds is 63. The fourth-order valence-corrected chi connectivity index (χ4v) is 13.0. The molecule has 1 saturated heterocycles. The quantitative estimate of drug-likeness (QED) is 0.0269. The second-order valence-corrected chi connectivity index (χ2v) is 32.9. The number of hydrogen-bond acceptors (Lipinski definition) is 28. The van der Waals surface area contributed by atoms with Crippen LogP contribution in [0.15, 0.2) is 30.3 Å². The average molecular weight is 1920 g/mol. The summed E-state index contributed by atoms with van der Waals surface area (Å²) in [4.78, 5) is 328. The number of carboxylic acids is 6. The minimum Gasteiger partial charge on any atom is -0.481 e. The highest BCUT2D eigenvalue weighted by atomic mass is 32.2. The Morgan fingerprint density at radius 3 is 1.18 bits per heavy atom. The van der Waals surface area contributed by atoms with Gasteiger partial charge in [-0.3, -0.25) is 115 Å². The Kier molecular flexibility index (Phi) is 51.7. The Morgan fingerprint density at radius 2 is 0.761 bits per heavy atom. The summed E-state index contributed by atoms with van der Waals surface area (Å²) in [5.41, 5.74) is 11.5. The number of aliphatic carboxylic acids is 6. The van der Waals surface area contributed by atoms with Gasteiger partial charge in [-0.1, -0.05) is 64.4 Å². The SMILES string of the molecule is CC[C@H](C)[C@H](NC(=O)[C@H](C)NC(=O)[C@H](Cc1ccccc1)NC(=O)[C@H](CCSC)NC(=O)[C@H](C)NC(=O)[C@H](CCC(=O)O)NC(=O)[C@H](C)NC(=O)[C@H](CCC(=O)O)NC(=O)[C@@H]1CCCN1)C(=O)N[C@@H](CC(N)=O)C(=O)N[C@@H](C)C(=O)N[C@@H](CC(=O)O)C(=O)NCC(=O)N[C@H](C(=O)NCC(=O)N[C@@H](CC(=O)O)C(=O)N[C@@H](C)C(=O)N[C@@H](CCCCN)C(=O)N[C@@H](CC(=O)O)C(=O)O)C(C)C. The van der Waals surface area contributed by atoms with E-state index in [9.17, 15) is 145 Å². The third kappa shape index (κ3) is 44.0. The van der Waals surface area contributed by atoms with E-state index in [1.807, 2.05) is 5.32 Å². The minimum absolute atomic E-state index is 0.0883. The van der Waals surface area contributed by atoms with E-state index in [2.05, 4.69) is 95.7 Å². The molecule has 0 spiro atoms. The zero-order valence-corrected chi connectivity index (χ0v) is 76.5. The highest BCUT2D eigenvalue weighted by Crippen LogP contribution is 2.15. The summed E-state index contributed by atoms with van der Waals surface area (Å²) < 4.78 is 0. The van der Waals surface area contributed by atoms with Crippen molar-refractivity contribution in [2.24, 2.45) is 23.3 Å². The van der Waals surface area contributed by atoms with Gasteiger partial charge in [-0.05, 0) is 128 Å².